The second-order valence-corrected chi connectivity index (χ2v) is 7.59. The van der Waals surface area contributed by atoms with Crippen molar-refractivity contribution in [3.8, 4) is 6.07 Å². The number of imidazole rings is 1. The summed E-state index contributed by atoms with van der Waals surface area (Å²) in [5.41, 5.74) is 3.15. The molecule has 1 amide bonds. The van der Waals surface area contributed by atoms with Crippen LogP contribution in [0, 0.1) is 11.3 Å². The number of amides is 1. The van der Waals surface area contributed by atoms with Crippen LogP contribution in [0.15, 0.2) is 17.6 Å². The van der Waals surface area contributed by atoms with E-state index in [1.54, 1.807) is 18.4 Å². The maximum atomic E-state index is 10.1. The zero-order chi connectivity index (χ0) is 19.2. The van der Waals surface area contributed by atoms with Crippen molar-refractivity contribution in [2.24, 2.45) is 0 Å². The fraction of sp³-hybridized carbons (Fsp3) is 0.500. The fourth-order valence-corrected chi connectivity index (χ4v) is 4.52. The predicted molar refractivity (Wildman–Crippen MR) is 111 cm³/mol. The van der Waals surface area contributed by atoms with E-state index in [-0.39, 0.29) is 7.33 Å². The molecule has 0 aliphatic heterocycles. The summed E-state index contributed by atoms with van der Waals surface area (Å²) < 4.78 is 3.55. The minimum atomic E-state index is 0. The van der Waals surface area contributed by atoms with Gasteiger partial charge in [0.15, 0.2) is 0 Å². The van der Waals surface area contributed by atoms with Gasteiger partial charge in [-0.15, -0.1) is 11.3 Å². The molecule has 0 saturated heterocycles. The third-order valence-corrected chi connectivity index (χ3v) is 5.88. The summed E-state index contributed by atoms with van der Waals surface area (Å²) in [6, 6.07) is 4.81. The lowest BCUT2D eigenvalue weighted by molar-refractivity contribution is -0.120. The topological polar surface area (TPSA) is 83.6 Å². The molecule has 0 unspecified atom stereocenters. The summed E-state index contributed by atoms with van der Waals surface area (Å²) in [6.07, 6.45) is 9.06. The number of thiophene rings is 1. The summed E-state index contributed by atoms with van der Waals surface area (Å²) in [5, 5.41) is 13.7. The number of carbonyl (C=O) groups is 1. The van der Waals surface area contributed by atoms with Gasteiger partial charge in [0.05, 0.1) is 34.4 Å². The highest BCUT2D eigenvalue weighted by Gasteiger charge is 2.23. The number of hydrogen-bond donors (Lipinski definition) is 1. The Kier molecular flexibility index (Phi) is 6.40. The van der Waals surface area contributed by atoms with E-state index in [1.165, 1.54) is 42.3 Å². The Morgan fingerprint density at radius 2 is 2.19 bits per heavy atom. The number of nitrogens with zero attached hydrogens (tertiary/aromatic N) is 4. The molecule has 27 heavy (non-hydrogen) atoms. The molecule has 0 aromatic carbocycles. The average molecular weight is 386 g/mol. The predicted octanol–water partition coefficient (Wildman–Crippen LogP) is 4.61. The number of rotatable bonds is 3. The van der Waals surface area contributed by atoms with Crippen LogP contribution in [0.1, 0.15) is 58.7 Å². The van der Waals surface area contributed by atoms with Gasteiger partial charge in [-0.05, 0) is 24.3 Å². The van der Waals surface area contributed by atoms with Crippen molar-refractivity contribution in [2.45, 2.75) is 57.9 Å². The molecule has 3 heterocycles. The molecule has 1 fully saturated rings. The molecule has 0 radical (unpaired) electrons. The molecule has 0 atom stereocenters. The van der Waals surface area contributed by atoms with Gasteiger partial charge in [0.1, 0.15) is 11.3 Å². The zero-order valence-corrected chi connectivity index (χ0v) is 16.7. The van der Waals surface area contributed by atoms with E-state index in [9.17, 15) is 4.79 Å². The van der Waals surface area contributed by atoms with Crippen molar-refractivity contribution in [1.82, 2.24) is 19.9 Å². The molecule has 1 aliphatic rings. The van der Waals surface area contributed by atoms with Crippen LogP contribution in [0.2, 0.25) is 0 Å². The van der Waals surface area contributed by atoms with E-state index in [4.69, 9.17) is 10.2 Å². The largest absolute Gasteiger partial charge is 0.359 e. The van der Waals surface area contributed by atoms with Crippen molar-refractivity contribution in [3.05, 3.63) is 23.5 Å². The molecule has 4 rings (SSSR count). The van der Waals surface area contributed by atoms with Gasteiger partial charge in [-0.25, -0.2) is 4.98 Å². The van der Waals surface area contributed by atoms with E-state index in [1.807, 2.05) is 13.1 Å². The Labute approximate surface area is 164 Å². The Morgan fingerprint density at radius 3 is 2.81 bits per heavy atom. The van der Waals surface area contributed by atoms with Gasteiger partial charge in [0, 0.05) is 20.9 Å². The first-order valence-electron chi connectivity index (χ1n) is 9.50. The van der Waals surface area contributed by atoms with Crippen LogP contribution in [0.3, 0.4) is 0 Å². The van der Waals surface area contributed by atoms with Crippen molar-refractivity contribution >= 4 is 38.5 Å². The van der Waals surface area contributed by atoms with E-state index in [2.05, 4.69) is 32.4 Å². The molecule has 3 aromatic rings. The summed E-state index contributed by atoms with van der Waals surface area (Å²) >= 11 is 1.72. The van der Waals surface area contributed by atoms with Crippen LogP contribution in [0.4, 0.5) is 0 Å². The van der Waals surface area contributed by atoms with Gasteiger partial charge in [-0.2, -0.15) is 5.26 Å². The first kappa shape index (κ1) is 19.3. The highest BCUT2D eigenvalue weighted by molar-refractivity contribution is 7.18. The lowest BCUT2D eigenvalue weighted by Crippen LogP contribution is -2.15. The normalized spacial score (nSPS) is 14.6. The first-order chi connectivity index (χ1) is 13.2. The smallest absolute Gasteiger partial charge is 0.219 e. The molecule has 1 saturated carbocycles. The third kappa shape index (κ3) is 4.11. The Morgan fingerprint density at radius 1 is 1.41 bits per heavy atom. The number of nitriles is 1. The zero-order valence-electron chi connectivity index (χ0n) is 15.9. The first-order valence-corrected chi connectivity index (χ1v) is 10.4. The van der Waals surface area contributed by atoms with Gasteiger partial charge in [0.2, 0.25) is 5.91 Å². The van der Waals surface area contributed by atoms with E-state index >= 15 is 0 Å². The maximum absolute atomic E-state index is 10.1. The lowest BCUT2D eigenvalue weighted by Gasteiger charge is -2.25. The summed E-state index contributed by atoms with van der Waals surface area (Å²) in [7, 11) is 1.63. The molecular formula is C20H27N5OS. The van der Waals surface area contributed by atoms with Gasteiger partial charge >= 0.3 is 0 Å². The highest BCUT2D eigenvalue weighted by Crippen LogP contribution is 2.36. The molecule has 1 aliphatic carbocycles. The number of fused-ring (bicyclic) bond motifs is 3. The maximum Gasteiger partial charge on any atom is 0.219 e. The minimum absolute atomic E-state index is 0. The van der Waals surface area contributed by atoms with Gasteiger partial charge in [-0.3, -0.25) is 9.78 Å². The van der Waals surface area contributed by atoms with Crippen LogP contribution >= 0.6 is 11.3 Å². The molecule has 144 valence electrons. The van der Waals surface area contributed by atoms with E-state index < -0.39 is 0 Å². The quantitative estimate of drug-likeness (QED) is 0.714. The van der Waals surface area contributed by atoms with Crippen molar-refractivity contribution in [3.63, 3.8) is 0 Å². The minimum Gasteiger partial charge on any atom is -0.359 e. The Hall–Kier alpha value is -2.46. The van der Waals surface area contributed by atoms with Crippen LogP contribution in [0.5, 0.6) is 0 Å². The second kappa shape index (κ2) is 8.96. The monoisotopic (exact) mass is 385 g/mol. The van der Waals surface area contributed by atoms with Crippen LogP contribution in [-0.4, -0.2) is 27.5 Å². The fourth-order valence-electron chi connectivity index (χ4n) is 3.63. The number of aromatic nitrogens is 3. The molecule has 3 aromatic heterocycles. The summed E-state index contributed by atoms with van der Waals surface area (Å²) in [4.78, 5) is 19.2. The second-order valence-electron chi connectivity index (χ2n) is 6.68. The van der Waals surface area contributed by atoms with Crippen molar-refractivity contribution in [2.75, 3.05) is 7.05 Å². The summed E-state index contributed by atoms with van der Waals surface area (Å²) in [6.45, 7) is 1.82. The molecule has 6 nitrogen and oxygen atoms in total. The molecule has 0 spiro atoms. The number of carbonyl (C=O) groups excluding carboxylic acids is 1. The Balaban J connectivity index is 0.000000353. The summed E-state index contributed by atoms with van der Waals surface area (Å²) in [5.74, 6) is 0.997. The average Bonchev–Trinajstić information content (AvgIpc) is 3.32. The third-order valence-electron chi connectivity index (χ3n) is 4.97. The standard InChI is InChI=1S/C16H16N4S.C4H9NO.H2/c17-8-6-14-19-13-10-18-12-7-9-21-16(12)15(13)20(14)11-4-2-1-3-5-11;1-3-4(6)5-2;/h7,9-11H,1-6H2;3H2,1-2H3,(H,5,6);1H. The highest BCUT2D eigenvalue weighted by atomic mass is 32.1. The van der Waals surface area contributed by atoms with Crippen LogP contribution in [0.25, 0.3) is 21.3 Å². The lowest BCUT2D eigenvalue weighted by atomic mass is 9.95. The Bertz CT molecular complexity index is 962. The molecule has 7 heteroatoms. The van der Waals surface area contributed by atoms with E-state index in [0.717, 1.165) is 16.9 Å². The SMILES string of the molecule is CCC(=O)NC.N#CCc1nc2cnc3ccsc3c2n1C1CCCCC1.[HH]. The van der Waals surface area contributed by atoms with Gasteiger partial charge in [0.25, 0.3) is 0 Å². The van der Waals surface area contributed by atoms with Gasteiger partial charge in [-0.1, -0.05) is 26.2 Å². The van der Waals surface area contributed by atoms with Crippen molar-refractivity contribution in [1.29, 1.82) is 5.26 Å². The van der Waals surface area contributed by atoms with Crippen LogP contribution in [-0.2, 0) is 11.2 Å². The van der Waals surface area contributed by atoms with Crippen molar-refractivity contribution < 1.29 is 6.22 Å². The molecule has 0 bridgehead atoms. The van der Waals surface area contributed by atoms with Gasteiger partial charge < -0.3 is 9.88 Å². The number of hydrogen-bond acceptors (Lipinski definition) is 5. The molecular weight excluding hydrogens is 358 g/mol. The molecule has 1 N–H and O–H groups in total. The number of nitrogens with one attached hydrogen (secondary N) is 1. The van der Waals surface area contributed by atoms with E-state index in [0.29, 0.717) is 18.9 Å². The number of pyridine rings is 1. The van der Waals surface area contributed by atoms with Crippen LogP contribution < -0.4 is 5.32 Å².